The molecule has 3 nitrogen and oxygen atoms in total. The Hall–Kier alpha value is -1.51. The van der Waals surface area contributed by atoms with Crippen LogP contribution in [0.3, 0.4) is 0 Å². The summed E-state index contributed by atoms with van der Waals surface area (Å²) < 4.78 is 0. The molecule has 1 aromatic rings. The van der Waals surface area contributed by atoms with E-state index in [0.717, 1.165) is 25.1 Å². The summed E-state index contributed by atoms with van der Waals surface area (Å²) in [5.41, 5.74) is 3.48. The Kier molecular flexibility index (Phi) is 3.36. The molecule has 1 aliphatic heterocycles. The molecule has 0 aliphatic carbocycles. The van der Waals surface area contributed by atoms with E-state index in [1.54, 1.807) is 0 Å². The Morgan fingerprint density at radius 1 is 1.47 bits per heavy atom. The van der Waals surface area contributed by atoms with E-state index in [-0.39, 0.29) is 6.42 Å². The van der Waals surface area contributed by atoms with Crippen molar-refractivity contribution in [2.75, 3.05) is 18.0 Å². The fourth-order valence-electron chi connectivity index (χ4n) is 2.41. The molecule has 0 aromatic heterocycles. The number of rotatable bonds is 4. The molecule has 0 saturated carbocycles. The van der Waals surface area contributed by atoms with Crippen molar-refractivity contribution in [2.24, 2.45) is 5.92 Å². The highest BCUT2D eigenvalue weighted by Gasteiger charge is 2.20. The van der Waals surface area contributed by atoms with Crippen LogP contribution in [0.5, 0.6) is 0 Å². The topological polar surface area (TPSA) is 40.5 Å². The summed E-state index contributed by atoms with van der Waals surface area (Å²) in [5.74, 6) is -0.137. The first-order valence-electron chi connectivity index (χ1n) is 6.15. The summed E-state index contributed by atoms with van der Waals surface area (Å²) in [7, 11) is 0. The predicted octanol–water partition coefficient (Wildman–Crippen LogP) is 2.33. The van der Waals surface area contributed by atoms with Crippen LogP contribution in [-0.2, 0) is 17.6 Å². The van der Waals surface area contributed by atoms with Crippen molar-refractivity contribution in [2.45, 2.75) is 26.7 Å². The van der Waals surface area contributed by atoms with Crippen molar-refractivity contribution < 1.29 is 9.90 Å². The lowest BCUT2D eigenvalue weighted by atomic mass is 10.1. The third kappa shape index (κ3) is 2.78. The van der Waals surface area contributed by atoms with Crippen LogP contribution in [0.4, 0.5) is 5.69 Å². The number of hydrogen-bond acceptors (Lipinski definition) is 2. The van der Waals surface area contributed by atoms with Gasteiger partial charge >= 0.3 is 5.97 Å². The van der Waals surface area contributed by atoms with Gasteiger partial charge in [0.1, 0.15) is 0 Å². The van der Waals surface area contributed by atoms with Crippen LogP contribution in [0.15, 0.2) is 18.2 Å². The molecule has 0 radical (unpaired) electrons. The lowest BCUT2D eigenvalue weighted by molar-refractivity contribution is -0.136. The highest BCUT2D eigenvalue weighted by molar-refractivity contribution is 5.71. The van der Waals surface area contributed by atoms with Gasteiger partial charge in [0.05, 0.1) is 6.42 Å². The fraction of sp³-hybridized carbons (Fsp3) is 0.500. The average Bonchev–Trinajstić information content (AvgIpc) is 2.59. The number of aliphatic carboxylic acids is 1. The molecule has 1 aromatic carbocycles. The van der Waals surface area contributed by atoms with Gasteiger partial charge in [-0.05, 0) is 29.5 Å². The summed E-state index contributed by atoms with van der Waals surface area (Å²) in [6.45, 7) is 6.52. The van der Waals surface area contributed by atoms with Gasteiger partial charge in [0.15, 0.2) is 0 Å². The zero-order valence-corrected chi connectivity index (χ0v) is 10.4. The number of carboxylic acids is 1. The number of fused-ring (bicyclic) bond motifs is 1. The number of nitrogens with zero attached hydrogens (tertiary/aromatic N) is 1. The Morgan fingerprint density at radius 3 is 2.88 bits per heavy atom. The molecule has 0 spiro atoms. The summed E-state index contributed by atoms with van der Waals surface area (Å²) in [4.78, 5) is 13.1. The van der Waals surface area contributed by atoms with Crippen molar-refractivity contribution in [3.63, 3.8) is 0 Å². The van der Waals surface area contributed by atoms with Gasteiger partial charge in [-0.1, -0.05) is 26.0 Å². The number of carboxylic acid groups (broad SMARTS) is 1. The van der Waals surface area contributed by atoms with Crippen molar-refractivity contribution >= 4 is 11.7 Å². The maximum Gasteiger partial charge on any atom is 0.307 e. The lowest BCUT2D eigenvalue weighted by Gasteiger charge is -2.22. The zero-order chi connectivity index (χ0) is 12.4. The summed E-state index contributed by atoms with van der Waals surface area (Å²) >= 11 is 0. The average molecular weight is 233 g/mol. The van der Waals surface area contributed by atoms with Crippen molar-refractivity contribution in [1.29, 1.82) is 0 Å². The molecule has 0 unspecified atom stereocenters. The standard InChI is InChI=1S/C14H19NO2/c1-10(2)9-15-6-5-12-4-3-11(7-13(12)15)8-14(16)17/h3-4,7,10H,5-6,8-9H2,1-2H3,(H,16,17). The van der Waals surface area contributed by atoms with Gasteiger partial charge in [0.25, 0.3) is 0 Å². The lowest BCUT2D eigenvalue weighted by Crippen LogP contribution is -2.25. The van der Waals surface area contributed by atoms with Crippen molar-refractivity contribution in [1.82, 2.24) is 0 Å². The van der Waals surface area contributed by atoms with Gasteiger partial charge in [0, 0.05) is 18.8 Å². The largest absolute Gasteiger partial charge is 0.481 e. The third-order valence-electron chi connectivity index (χ3n) is 3.08. The maximum absolute atomic E-state index is 10.7. The summed E-state index contributed by atoms with van der Waals surface area (Å²) in [6.07, 6.45) is 1.19. The van der Waals surface area contributed by atoms with Crippen LogP contribution in [-0.4, -0.2) is 24.2 Å². The first-order chi connectivity index (χ1) is 8.06. The Balaban J connectivity index is 2.21. The second-order valence-electron chi connectivity index (χ2n) is 5.12. The zero-order valence-electron chi connectivity index (χ0n) is 10.4. The number of benzene rings is 1. The van der Waals surface area contributed by atoms with E-state index in [1.165, 1.54) is 11.3 Å². The van der Waals surface area contributed by atoms with Gasteiger partial charge in [-0.2, -0.15) is 0 Å². The monoisotopic (exact) mass is 233 g/mol. The van der Waals surface area contributed by atoms with Gasteiger partial charge in [-0.15, -0.1) is 0 Å². The molecular weight excluding hydrogens is 214 g/mol. The molecule has 0 bridgehead atoms. The normalized spacial score (nSPS) is 14.2. The van der Waals surface area contributed by atoms with Crippen LogP contribution in [0.25, 0.3) is 0 Å². The van der Waals surface area contributed by atoms with E-state index < -0.39 is 5.97 Å². The third-order valence-corrected chi connectivity index (χ3v) is 3.08. The SMILES string of the molecule is CC(C)CN1CCc2ccc(CC(=O)O)cc21. The molecule has 17 heavy (non-hydrogen) atoms. The first-order valence-corrected chi connectivity index (χ1v) is 6.15. The number of anilines is 1. The smallest absolute Gasteiger partial charge is 0.307 e. The quantitative estimate of drug-likeness (QED) is 0.867. The van der Waals surface area contributed by atoms with E-state index in [0.29, 0.717) is 5.92 Å². The number of hydrogen-bond donors (Lipinski definition) is 1. The second kappa shape index (κ2) is 4.78. The van der Waals surface area contributed by atoms with Gasteiger partial charge in [-0.3, -0.25) is 4.79 Å². The van der Waals surface area contributed by atoms with E-state index in [2.05, 4.69) is 24.8 Å². The summed E-state index contributed by atoms with van der Waals surface area (Å²) in [6, 6.07) is 6.05. The molecular formula is C14H19NO2. The molecule has 3 heteroatoms. The van der Waals surface area contributed by atoms with E-state index in [9.17, 15) is 4.79 Å². The Bertz CT molecular complexity index is 426. The molecule has 0 atom stereocenters. The van der Waals surface area contributed by atoms with E-state index >= 15 is 0 Å². The van der Waals surface area contributed by atoms with Crippen LogP contribution in [0.1, 0.15) is 25.0 Å². The van der Waals surface area contributed by atoms with Crippen LogP contribution in [0.2, 0.25) is 0 Å². The Morgan fingerprint density at radius 2 is 2.24 bits per heavy atom. The van der Waals surface area contributed by atoms with Gasteiger partial charge in [0.2, 0.25) is 0 Å². The van der Waals surface area contributed by atoms with E-state index in [1.807, 2.05) is 12.1 Å². The summed E-state index contributed by atoms with van der Waals surface area (Å²) in [5, 5.41) is 8.81. The predicted molar refractivity (Wildman–Crippen MR) is 68.5 cm³/mol. The van der Waals surface area contributed by atoms with Crippen LogP contribution >= 0.6 is 0 Å². The molecule has 0 amide bonds. The Labute approximate surface area is 102 Å². The minimum atomic E-state index is -0.765. The molecule has 1 N–H and O–H groups in total. The van der Waals surface area contributed by atoms with Crippen LogP contribution < -0.4 is 4.90 Å². The molecule has 0 saturated heterocycles. The molecule has 92 valence electrons. The van der Waals surface area contributed by atoms with Gasteiger partial charge in [-0.25, -0.2) is 0 Å². The van der Waals surface area contributed by atoms with Gasteiger partial charge < -0.3 is 10.0 Å². The highest BCUT2D eigenvalue weighted by atomic mass is 16.4. The highest BCUT2D eigenvalue weighted by Crippen LogP contribution is 2.29. The minimum absolute atomic E-state index is 0.114. The van der Waals surface area contributed by atoms with E-state index in [4.69, 9.17) is 5.11 Å². The number of carbonyl (C=O) groups is 1. The first kappa shape index (κ1) is 12.0. The molecule has 0 fully saturated rings. The minimum Gasteiger partial charge on any atom is -0.481 e. The molecule has 1 aliphatic rings. The van der Waals surface area contributed by atoms with Crippen molar-refractivity contribution in [3.8, 4) is 0 Å². The fourth-order valence-corrected chi connectivity index (χ4v) is 2.41. The van der Waals surface area contributed by atoms with Crippen LogP contribution in [0, 0.1) is 5.92 Å². The molecule has 1 heterocycles. The second-order valence-corrected chi connectivity index (χ2v) is 5.12. The maximum atomic E-state index is 10.7. The van der Waals surface area contributed by atoms with Crippen molar-refractivity contribution in [3.05, 3.63) is 29.3 Å². The molecule has 2 rings (SSSR count).